The van der Waals surface area contributed by atoms with Gasteiger partial charge in [0, 0.05) is 33.9 Å². The van der Waals surface area contributed by atoms with E-state index in [9.17, 15) is 0 Å². The maximum absolute atomic E-state index is 6.49. The van der Waals surface area contributed by atoms with Gasteiger partial charge in [0.1, 0.15) is 19.2 Å². The molecule has 10 aromatic rings. The van der Waals surface area contributed by atoms with E-state index >= 15 is 0 Å². The van der Waals surface area contributed by atoms with Gasteiger partial charge >= 0.3 is 0 Å². The molecule has 1 atom stereocenters. The molecule has 2 nitrogen and oxygen atoms in total. The third-order valence-corrected chi connectivity index (χ3v) is 16.4. The fraction of sp³-hybridized carbons (Fsp3) is 0.0566. The summed E-state index contributed by atoms with van der Waals surface area (Å²) in [6.45, 7) is 5.09. The van der Waals surface area contributed by atoms with Crippen molar-refractivity contribution in [3.8, 4) is 11.1 Å². The Morgan fingerprint density at radius 3 is 1.93 bits per heavy atom. The Labute approximate surface area is 326 Å². The third-order valence-electron chi connectivity index (χ3n) is 12.9. The quantitative estimate of drug-likeness (QED) is 0.168. The lowest BCUT2D eigenvalue weighted by atomic mass is 9.59. The molecule has 2 aliphatic rings. The summed E-state index contributed by atoms with van der Waals surface area (Å²) in [5, 5.41) is 10.3. The molecule has 1 aliphatic heterocycles. The molecule has 9 aromatic carbocycles. The fourth-order valence-corrected chi connectivity index (χ4v) is 13.6. The van der Waals surface area contributed by atoms with E-state index < -0.39 is 13.5 Å². The number of hydrogen-bond donors (Lipinski definition) is 0. The van der Waals surface area contributed by atoms with Crippen LogP contribution in [0.15, 0.2) is 192 Å². The summed E-state index contributed by atoms with van der Waals surface area (Å²) in [5.41, 5.74) is 12.9. The van der Waals surface area contributed by atoms with Crippen LogP contribution in [0.4, 0.5) is 17.1 Å². The highest BCUT2D eigenvalue weighted by Gasteiger charge is 2.52. The first kappa shape index (κ1) is 31.6. The van der Waals surface area contributed by atoms with Gasteiger partial charge in [-0.3, -0.25) is 0 Å². The minimum absolute atomic E-state index is 0.474. The predicted molar refractivity (Wildman–Crippen MR) is 237 cm³/mol. The van der Waals surface area contributed by atoms with Crippen molar-refractivity contribution in [2.45, 2.75) is 18.5 Å². The van der Waals surface area contributed by atoms with Crippen molar-refractivity contribution >= 4 is 79.0 Å². The molecule has 3 heteroatoms. The highest BCUT2D eigenvalue weighted by Crippen LogP contribution is 2.56. The van der Waals surface area contributed by atoms with Crippen molar-refractivity contribution in [3.63, 3.8) is 0 Å². The lowest BCUT2D eigenvalue weighted by molar-refractivity contribution is 0.669. The zero-order chi connectivity index (χ0) is 37.2. The zero-order valence-corrected chi connectivity index (χ0v) is 32.3. The lowest BCUT2D eigenvalue weighted by Crippen LogP contribution is -2.63. The van der Waals surface area contributed by atoms with Crippen LogP contribution in [0.3, 0.4) is 0 Å². The highest BCUT2D eigenvalue weighted by molar-refractivity contribution is 7.01. The van der Waals surface area contributed by atoms with E-state index in [1.807, 2.05) is 6.07 Å². The summed E-state index contributed by atoms with van der Waals surface area (Å²) in [4.78, 5) is 2.43. The van der Waals surface area contributed by atoms with Gasteiger partial charge in [0.2, 0.25) is 0 Å². The van der Waals surface area contributed by atoms with Crippen LogP contribution in [-0.4, -0.2) is 8.07 Å². The topological polar surface area (TPSA) is 16.4 Å². The molecule has 264 valence electrons. The van der Waals surface area contributed by atoms with Crippen LogP contribution in [0.5, 0.6) is 0 Å². The molecule has 12 rings (SSSR count). The van der Waals surface area contributed by atoms with Gasteiger partial charge in [-0.15, -0.1) is 0 Å². The predicted octanol–water partition coefficient (Wildman–Crippen LogP) is 12.9. The summed E-state index contributed by atoms with van der Waals surface area (Å²) in [6.07, 6.45) is 0. The van der Waals surface area contributed by atoms with Crippen LogP contribution >= 0.6 is 0 Å². The molecule has 1 aromatic heterocycles. The molecule has 1 aliphatic carbocycles. The molecule has 0 fully saturated rings. The van der Waals surface area contributed by atoms with Gasteiger partial charge in [-0.1, -0.05) is 153 Å². The zero-order valence-electron chi connectivity index (χ0n) is 31.3. The van der Waals surface area contributed by atoms with Crippen LogP contribution < -0.4 is 15.3 Å². The van der Waals surface area contributed by atoms with Gasteiger partial charge < -0.3 is 9.32 Å². The average molecular weight is 732 g/mol. The summed E-state index contributed by atoms with van der Waals surface area (Å²) in [5.74, 6) is 0. The Morgan fingerprint density at radius 2 is 1.02 bits per heavy atom. The molecule has 56 heavy (non-hydrogen) atoms. The van der Waals surface area contributed by atoms with E-state index in [0.29, 0.717) is 0 Å². The second-order valence-corrected chi connectivity index (χ2v) is 20.4. The Morgan fingerprint density at radius 1 is 0.411 bits per heavy atom. The number of benzene rings is 9. The minimum atomic E-state index is -2.27. The number of para-hydroxylation sites is 1. The van der Waals surface area contributed by atoms with Crippen molar-refractivity contribution in [1.29, 1.82) is 0 Å². The van der Waals surface area contributed by atoms with Crippen molar-refractivity contribution in [1.82, 2.24) is 0 Å². The summed E-state index contributed by atoms with van der Waals surface area (Å²) < 4.78 is 6.49. The van der Waals surface area contributed by atoms with Crippen molar-refractivity contribution < 1.29 is 4.42 Å². The van der Waals surface area contributed by atoms with E-state index in [2.05, 4.69) is 200 Å². The number of rotatable bonds is 3. The molecule has 0 radical (unpaired) electrons. The van der Waals surface area contributed by atoms with Gasteiger partial charge in [0.05, 0.1) is 5.41 Å². The number of anilines is 3. The van der Waals surface area contributed by atoms with E-state index in [1.54, 1.807) is 0 Å². The van der Waals surface area contributed by atoms with E-state index in [0.717, 1.165) is 39.0 Å². The van der Waals surface area contributed by atoms with Crippen LogP contribution in [0.1, 0.15) is 22.3 Å². The normalized spacial score (nSPS) is 16.2. The van der Waals surface area contributed by atoms with Crippen molar-refractivity contribution in [2.24, 2.45) is 0 Å². The first-order valence-electron chi connectivity index (χ1n) is 19.6. The average Bonchev–Trinajstić information content (AvgIpc) is 3.62. The summed E-state index contributed by atoms with van der Waals surface area (Å²) in [7, 11) is -2.27. The Kier molecular flexibility index (Phi) is 6.45. The molecule has 1 spiro atoms. The largest absolute Gasteiger partial charge is 0.456 e. The van der Waals surface area contributed by atoms with Crippen LogP contribution in [-0.2, 0) is 5.41 Å². The number of furan rings is 1. The molecule has 0 N–H and O–H groups in total. The van der Waals surface area contributed by atoms with Gasteiger partial charge in [-0.2, -0.15) is 0 Å². The highest BCUT2D eigenvalue weighted by atomic mass is 28.3. The molecule has 0 bridgehead atoms. The van der Waals surface area contributed by atoms with Crippen molar-refractivity contribution in [3.05, 3.63) is 210 Å². The van der Waals surface area contributed by atoms with Crippen LogP contribution in [0.25, 0.3) is 54.6 Å². The van der Waals surface area contributed by atoms with E-state index in [-0.39, 0.29) is 0 Å². The van der Waals surface area contributed by atoms with E-state index in [4.69, 9.17) is 4.42 Å². The fourth-order valence-electron chi connectivity index (χ4n) is 10.4. The standard InChI is InChI=1S/C53H37NOSi/c1-56(2)50-24-10-8-21-45(50)53(44-20-7-5-17-40(44)43-19-11-15-35-16-12-22-47(53)52(35)43)46-30-28-39(33-51(46)56)54(37-26-25-34-13-3-4-14-36(34)31-37)38-27-29-42-41-18-6-9-23-48(41)55-49(42)32-38/h3-33H,1-2H3. The van der Waals surface area contributed by atoms with Gasteiger partial charge in [-0.05, 0) is 108 Å². The smallest absolute Gasteiger partial charge is 0.137 e. The monoisotopic (exact) mass is 731 g/mol. The second kappa shape index (κ2) is 11.4. The number of fused-ring (bicyclic) bond motifs is 12. The Hall–Kier alpha value is -6.68. The lowest BCUT2D eigenvalue weighted by Gasteiger charge is -2.50. The van der Waals surface area contributed by atoms with Crippen LogP contribution in [0.2, 0.25) is 13.1 Å². The van der Waals surface area contributed by atoms with Crippen LogP contribution in [0, 0.1) is 0 Å². The molecule has 0 amide bonds. The first-order valence-corrected chi connectivity index (χ1v) is 22.6. The minimum Gasteiger partial charge on any atom is -0.456 e. The van der Waals surface area contributed by atoms with Crippen molar-refractivity contribution in [2.75, 3.05) is 4.90 Å². The molecule has 2 heterocycles. The molecular formula is C53H37NOSi. The maximum Gasteiger partial charge on any atom is 0.137 e. The molecule has 0 saturated carbocycles. The maximum atomic E-state index is 6.49. The Bertz CT molecular complexity index is 3260. The Balaban J connectivity index is 1.16. The van der Waals surface area contributed by atoms with Gasteiger partial charge in [0.25, 0.3) is 0 Å². The summed E-state index contributed by atoms with van der Waals surface area (Å²) >= 11 is 0. The summed E-state index contributed by atoms with van der Waals surface area (Å²) in [6, 6.07) is 70.2. The SMILES string of the molecule is C[Si]1(C)c2ccccc2C2(c3ccccc3-c3cccc4cccc2c34)c2ccc(N(c3ccc4ccccc4c3)c3ccc4c(c3)oc3ccccc34)cc21. The molecule has 0 saturated heterocycles. The number of nitrogens with zero attached hydrogens (tertiary/aromatic N) is 1. The molecule has 1 unspecified atom stereocenters. The van der Waals surface area contributed by atoms with Gasteiger partial charge in [0.15, 0.2) is 0 Å². The van der Waals surface area contributed by atoms with E-state index in [1.165, 1.54) is 65.3 Å². The molecular weight excluding hydrogens is 695 g/mol. The second-order valence-electron chi connectivity index (χ2n) is 16.1. The van der Waals surface area contributed by atoms with Gasteiger partial charge in [-0.25, -0.2) is 0 Å². The first-order chi connectivity index (χ1) is 27.5. The number of hydrogen-bond acceptors (Lipinski definition) is 2. The third kappa shape index (κ3) is 4.15.